The molecule has 94 valence electrons. The molecule has 0 spiro atoms. The molecule has 18 heavy (non-hydrogen) atoms. The SMILES string of the molecule is CC1CN(C)C(CC#N)C(=O)N1c1ccccc1. The Labute approximate surface area is 107 Å². The van der Waals surface area contributed by atoms with E-state index in [0.717, 1.165) is 12.2 Å². The normalized spacial score (nSPS) is 24.9. The molecule has 2 rings (SSSR count). The van der Waals surface area contributed by atoms with Crippen molar-refractivity contribution in [2.45, 2.75) is 25.4 Å². The Morgan fingerprint density at radius 3 is 2.67 bits per heavy atom. The van der Waals surface area contributed by atoms with Crippen LogP contribution < -0.4 is 4.90 Å². The second-order valence-electron chi connectivity index (χ2n) is 4.71. The van der Waals surface area contributed by atoms with E-state index in [9.17, 15) is 4.79 Å². The Balaban J connectivity index is 2.30. The molecule has 1 aromatic rings. The molecule has 0 bridgehead atoms. The number of carbonyl (C=O) groups is 1. The summed E-state index contributed by atoms with van der Waals surface area (Å²) >= 11 is 0. The molecule has 4 nitrogen and oxygen atoms in total. The van der Waals surface area contributed by atoms with Gasteiger partial charge in [-0.25, -0.2) is 0 Å². The van der Waals surface area contributed by atoms with Gasteiger partial charge in [0, 0.05) is 18.3 Å². The van der Waals surface area contributed by atoms with Gasteiger partial charge in [-0.2, -0.15) is 5.26 Å². The Bertz CT molecular complexity index is 466. The van der Waals surface area contributed by atoms with E-state index in [-0.39, 0.29) is 24.4 Å². The zero-order valence-electron chi connectivity index (χ0n) is 10.7. The van der Waals surface area contributed by atoms with Crippen LogP contribution in [0.15, 0.2) is 30.3 Å². The number of nitriles is 1. The minimum atomic E-state index is -0.327. The summed E-state index contributed by atoms with van der Waals surface area (Å²) in [6, 6.07) is 11.5. The number of nitrogens with zero attached hydrogens (tertiary/aromatic N) is 3. The maximum absolute atomic E-state index is 12.5. The summed E-state index contributed by atoms with van der Waals surface area (Å²) in [5, 5.41) is 8.83. The summed E-state index contributed by atoms with van der Waals surface area (Å²) in [5.74, 6) is 0.0176. The fourth-order valence-corrected chi connectivity index (χ4v) is 2.49. The number of amides is 1. The lowest BCUT2D eigenvalue weighted by atomic mass is 10.0. The smallest absolute Gasteiger partial charge is 0.245 e. The second-order valence-corrected chi connectivity index (χ2v) is 4.71. The van der Waals surface area contributed by atoms with Gasteiger partial charge in [-0.05, 0) is 26.1 Å². The summed E-state index contributed by atoms with van der Waals surface area (Å²) in [6.45, 7) is 2.82. The first-order chi connectivity index (χ1) is 8.65. The highest BCUT2D eigenvalue weighted by Crippen LogP contribution is 2.24. The zero-order chi connectivity index (χ0) is 13.1. The van der Waals surface area contributed by atoms with E-state index in [2.05, 4.69) is 6.07 Å². The van der Waals surface area contributed by atoms with Crippen molar-refractivity contribution in [2.75, 3.05) is 18.5 Å². The lowest BCUT2D eigenvalue weighted by Crippen LogP contribution is -2.59. The molecule has 1 amide bonds. The summed E-state index contributed by atoms with van der Waals surface area (Å²) in [7, 11) is 1.90. The molecule has 1 saturated heterocycles. The van der Waals surface area contributed by atoms with Gasteiger partial charge in [-0.1, -0.05) is 18.2 Å². The number of likely N-dealkylation sites (N-methyl/N-ethyl adjacent to an activating group) is 1. The third-order valence-electron chi connectivity index (χ3n) is 3.37. The van der Waals surface area contributed by atoms with E-state index >= 15 is 0 Å². The van der Waals surface area contributed by atoms with Gasteiger partial charge in [0.1, 0.15) is 6.04 Å². The summed E-state index contributed by atoms with van der Waals surface area (Å²) in [5.41, 5.74) is 0.908. The van der Waals surface area contributed by atoms with Crippen LogP contribution in [0.1, 0.15) is 13.3 Å². The molecule has 1 fully saturated rings. The molecule has 1 aliphatic rings. The van der Waals surface area contributed by atoms with Crippen LogP contribution in [0, 0.1) is 11.3 Å². The number of rotatable bonds is 2. The zero-order valence-corrected chi connectivity index (χ0v) is 10.7. The molecule has 4 heteroatoms. The Hall–Kier alpha value is -1.86. The molecule has 1 heterocycles. The van der Waals surface area contributed by atoms with Gasteiger partial charge in [-0.3, -0.25) is 9.69 Å². The van der Waals surface area contributed by atoms with Crippen LogP contribution in [0.2, 0.25) is 0 Å². The monoisotopic (exact) mass is 243 g/mol. The number of piperazine rings is 1. The molecular weight excluding hydrogens is 226 g/mol. The average Bonchev–Trinajstić information content (AvgIpc) is 2.35. The molecule has 1 aliphatic heterocycles. The molecule has 0 radical (unpaired) electrons. The average molecular weight is 243 g/mol. The predicted octanol–water partition coefficient (Wildman–Crippen LogP) is 1.64. The van der Waals surface area contributed by atoms with Crippen molar-refractivity contribution in [3.63, 3.8) is 0 Å². The third kappa shape index (κ3) is 2.22. The number of benzene rings is 1. The van der Waals surface area contributed by atoms with Crippen LogP contribution in [0.4, 0.5) is 5.69 Å². The Kier molecular flexibility index (Phi) is 3.63. The molecule has 0 aliphatic carbocycles. The van der Waals surface area contributed by atoms with Gasteiger partial charge >= 0.3 is 0 Å². The quantitative estimate of drug-likeness (QED) is 0.793. The van der Waals surface area contributed by atoms with Gasteiger partial charge < -0.3 is 4.90 Å². The Morgan fingerprint density at radius 1 is 1.39 bits per heavy atom. The first-order valence-corrected chi connectivity index (χ1v) is 6.10. The number of para-hydroxylation sites is 1. The predicted molar refractivity (Wildman–Crippen MR) is 70.0 cm³/mol. The largest absolute Gasteiger partial charge is 0.307 e. The summed E-state index contributed by atoms with van der Waals surface area (Å²) < 4.78 is 0. The standard InChI is InChI=1S/C14H17N3O/c1-11-10-16(2)13(8-9-15)14(18)17(11)12-6-4-3-5-7-12/h3-7,11,13H,8,10H2,1-2H3. The van der Waals surface area contributed by atoms with Crippen molar-refractivity contribution in [1.82, 2.24) is 4.90 Å². The van der Waals surface area contributed by atoms with Gasteiger partial charge in [-0.15, -0.1) is 0 Å². The van der Waals surface area contributed by atoms with E-state index in [4.69, 9.17) is 5.26 Å². The highest BCUT2D eigenvalue weighted by Gasteiger charge is 2.37. The molecule has 1 aromatic carbocycles. The highest BCUT2D eigenvalue weighted by molar-refractivity contribution is 5.98. The number of hydrogen-bond donors (Lipinski definition) is 0. The Morgan fingerprint density at radius 2 is 2.06 bits per heavy atom. The number of hydrogen-bond acceptors (Lipinski definition) is 3. The van der Waals surface area contributed by atoms with Crippen molar-refractivity contribution in [1.29, 1.82) is 5.26 Å². The third-order valence-corrected chi connectivity index (χ3v) is 3.37. The molecule has 0 N–H and O–H groups in total. The van der Waals surface area contributed by atoms with Crippen molar-refractivity contribution >= 4 is 11.6 Å². The lowest BCUT2D eigenvalue weighted by Gasteiger charge is -2.42. The van der Waals surface area contributed by atoms with Crippen molar-refractivity contribution in [3.8, 4) is 6.07 Å². The maximum atomic E-state index is 12.5. The minimum absolute atomic E-state index is 0.0176. The molecule has 0 aromatic heterocycles. The second kappa shape index (κ2) is 5.19. The number of anilines is 1. The lowest BCUT2D eigenvalue weighted by molar-refractivity contribution is -0.126. The summed E-state index contributed by atoms with van der Waals surface area (Å²) in [6.07, 6.45) is 0.241. The van der Waals surface area contributed by atoms with E-state index in [1.807, 2.05) is 54.1 Å². The number of carbonyl (C=O) groups excluding carboxylic acids is 1. The van der Waals surface area contributed by atoms with Gasteiger partial charge in [0.15, 0.2) is 0 Å². The van der Waals surface area contributed by atoms with Gasteiger partial charge in [0.05, 0.1) is 12.5 Å². The topological polar surface area (TPSA) is 47.3 Å². The van der Waals surface area contributed by atoms with Crippen LogP contribution in [0.3, 0.4) is 0 Å². The first-order valence-electron chi connectivity index (χ1n) is 6.10. The van der Waals surface area contributed by atoms with Crippen molar-refractivity contribution in [3.05, 3.63) is 30.3 Å². The van der Waals surface area contributed by atoms with Crippen molar-refractivity contribution in [2.24, 2.45) is 0 Å². The van der Waals surface area contributed by atoms with Crippen LogP contribution >= 0.6 is 0 Å². The minimum Gasteiger partial charge on any atom is -0.307 e. The highest BCUT2D eigenvalue weighted by atomic mass is 16.2. The molecule has 2 atom stereocenters. The van der Waals surface area contributed by atoms with Crippen LogP contribution in [0.5, 0.6) is 0 Å². The first kappa shape index (κ1) is 12.6. The fraction of sp³-hybridized carbons (Fsp3) is 0.429. The van der Waals surface area contributed by atoms with Crippen LogP contribution in [-0.4, -0.2) is 36.5 Å². The molecule has 0 saturated carbocycles. The maximum Gasteiger partial charge on any atom is 0.245 e. The van der Waals surface area contributed by atoms with Crippen LogP contribution in [0.25, 0.3) is 0 Å². The van der Waals surface area contributed by atoms with Gasteiger partial charge in [0.2, 0.25) is 5.91 Å². The van der Waals surface area contributed by atoms with E-state index < -0.39 is 0 Å². The van der Waals surface area contributed by atoms with E-state index in [0.29, 0.717) is 0 Å². The fourth-order valence-electron chi connectivity index (χ4n) is 2.49. The van der Waals surface area contributed by atoms with E-state index in [1.54, 1.807) is 0 Å². The van der Waals surface area contributed by atoms with Crippen LogP contribution in [-0.2, 0) is 4.79 Å². The van der Waals surface area contributed by atoms with Gasteiger partial charge in [0.25, 0.3) is 0 Å². The molecule has 2 unspecified atom stereocenters. The molecular formula is C14H17N3O. The summed E-state index contributed by atoms with van der Waals surface area (Å²) in [4.78, 5) is 16.2. The van der Waals surface area contributed by atoms with E-state index in [1.165, 1.54) is 0 Å². The van der Waals surface area contributed by atoms with Crippen molar-refractivity contribution < 1.29 is 4.79 Å².